The summed E-state index contributed by atoms with van der Waals surface area (Å²) < 4.78 is 5.01. The Morgan fingerprint density at radius 1 is 1.61 bits per heavy atom. The zero-order valence-electron chi connectivity index (χ0n) is 9.37. The smallest absolute Gasteiger partial charge is 0.399 e. The van der Waals surface area contributed by atoms with Gasteiger partial charge in [0.25, 0.3) is 0 Å². The highest BCUT2D eigenvalue weighted by Gasteiger charge is 2.15. The van der Waals surface area contributed by atoms with Crippen LogP contribution < -0.4 is 5.32 Å². The van der Waals surface area contributed by atoms with E-state index in [0.717, 1.165) is 0 Å². The molecule has 18 heavy (non-hydrogen) atoms. The number of furan rings is 1. The molecule has 1 N–H and O–H groups in total. The van der Waals surface area contributed by atoms with Gasteiger partial charge in [0.2, 0.25) is 5.91 Å². The maximum Gasteiger partial charge on any atom is 0.433 e. The van der Waals surface area contributed by atoms with Crippen molar-refractivity contribution in [3.05, 3.63) is 27.6 Å². The van der Waals surface area contributed by atoms with E-state index >= 15 is 0 Å². The van der Waals surface area contributed by atoms with E-state index in [1.807, 2.05) is 0 Å². The van der Waals surface area contributed by atoms with Crippen LogP contribution >= 0.6 is 11.3 Å². The van der Waals surface area contributed by atoms with Crippen LogP contribution in [-0.4, -0.2) is 15.8 Å². The van der Waals surface area contributed by atoms with Crippen molar-refractivity contribution in [1.82, 2.24) is 4.98 Å². The molecule has 2 aromatic heterocycles. The van der Waals surface area contributed by atoms with Gasteiger partial charge in [-0.05, 0) is 6.07 Å². The summed E-state index contributed by atoms with van der Waals surface area (Å²) in [6.07, 6.45) is 0.362. The minimum absolute atomic E-state index is 0.138. The second-order valence-electron chi connectivity index (χ2n) is 3.33. The van der Waals surface area contributed by atoms with Crippen molar-refractivity contribution in [2.24, 2.45) is 0 Å². The third-order valence-corrected chi connectivity index (χ3v) is 2.85. The van der Waals surface area contributed by atoms with E-state index in [9.17, 15) is 14.9 Å². The van der Waals surface area contributed by atoms with Gasteiger partial charge < -0.3 is 9.73 Å². The molecule has 0 saturated carbocycles. The molecule has 0 spiro atoms. The van der Waals surface area contributed by atoms with Crippen LogP contribution in [0.15, 0.2) is 21.9 Å². The number of aromatic nitrogens is 1. The van der Waals surface area contributed by atoms with Crippen LogP contribution in [-0.2, 0) is 4.79 Å². The summed E-state index contributed by atoms with van der Waals surface area (Å²) in [7, 11) is 0. The average Bonchev–Trinajstić information content (AvgIpc) is 2.96. The predicted octanol–water partition coefficient (Wildman–Crippen LogP) is 2.66. The fourth-order valence-corrected chi connectivity index (χ4v) is 1.93. The van der Waals surface area contributed by atoms with Crippen LogP contribution in [0.3, 0.4) is 0 Å². The Labute approximate surface area is 106 Å². The SMILES string of the molecule is CCC(=O)Nc1nc(-c2ccc([N+](=O)[O-])o2)cs1. The lowest BCUT2D eigenvalue weighted by Crippen LogP contribution is -2.08. The number of nitrogens with zero attached hydrogens (tertiary/aromatic N) is 2. The molecule has 0 saturated heterocycles. The average molecular weight is 267 g/mol. The molecule has 0 aromatic carbocycles. The Hall–Kier alpha value is -2.22. The van der Waals surface area contributed by atoms with Crippen LogP contribution in [0, 0.1) is 10.1 Å². The van der Waals surface area contributed by atoms with Gasteiger partial charge in [0, 0.05) is 11.8 Å². The normalized spacial score (nSPS) is 10.3. The van der Waals surface area contributed by atoms with Crippen molar-refractivity contribution < 1.29 is 14.1 Å². The van der Waals surface area contributed by atoms with Gasteiger partial charge in [-0.3, -0.25) is 14.9 Å². The van der Waals surface area contributed by atoms with Crippen LogP contribution in [0.2, 0.25) is 0 Å². The van der Waals surface area contributed by atoms with Gasteiger partial charge in [-0.1, -0.05) is 6.92 Å². The Morgan fingerprint density at radius 2 is 2.39 bits per heavy atom. The van der Waals surface area contributed by atoms with E-state index in [1.54, 1.807) is 12.3 Å². The van der Waals surface area contributed by atoms with E-state index in [0.29, 0.717) is 23.0 Å². The van der Waals surface area contributed by atoms with Gasteiger partial charge in [0.05, 0.1) is 6.07 Å². The molecule has 0 unspecified atom stereocenters. The molecule has 0 radical (unpaired) electrons. The van der Waals surface area contributed by atoms with E-state index < -0.39 is 4.92 Å². The van der Waals surface area contributed by atoms with Crippen molar-refractivity contribution >= 4 is 28.3 Å². The predicted molar refractivity (Wildman–Crippen MR) is 65.4 cm³/mol. The highest BCUT2D eigenvalue weighted by Crippen LogP contribution is 2.28. The summed E-state index contributed by atoms with van der Waals surface area (Å²) in [5.74, 6) is -0.173. The lowest BCUT2D eigenvalue weighted by molar-refractivity contribution is -0.401. The summed E-state index contributed by atoms with van der Waals surface area (Å²) in [4.78, 5) is 25.1. The fourth-order valence-electron chi connectivity index (χ4n) is 1.22. The number of hydrogen-bond donors (Lipinski definition) is 1. The molecule has 2 heterocycles. The number of amides is 1. The molecule has 0 aliphatic carbocycles. The van der Waals surface area contributed by atoms with Crippen LogP contribution in [0.1, 0.15) is 13.3 Å². The Bertz CT molecular complexity index is 589. The summed E-state index contributed by atoms with van der Waals surface area (Å²) in [5, 5.41) is 15.2. The summed E-state index contributed by atoms with van der Waals surface area (Å²) in [6, 6.07) is 2.73. The molecule has 8 heteroatoms. The first-order chi connectivity index (χ1) is 8.60. The molecule has 1 amide bonds. The van der Waals surface area contributed by atoms with E-state index in [1.165, 1.54) is 23.5 Å². The lowest BCUT2D eigenvalue weighted by atomic mass is 10.4. The van der Waals surface area contributed by atoms with Crippen molar-refractivity contribution in [3.63, 3.8) is 0 Å². The van der Waals surface area contributed by atoms with Gasteiger partial charge in [-0.25, -0.2) is 4.98 Å². The van der Waals surface area contributed by atoms with Crippen molar-refractivity contribution in [3.8, 4) is 11.5 Å². The van der Waals surface area contributed by atoms with Crippen LogP contribution in [0.4, 0.5) is 11.0 Å². The minimum atomic E-state index is -0.615. The second kappa shape index (κ2) is 4.96. The number of nitro groups is 1. The van der Waals surface area contributed by atoms with Crippen molar-refractivity contribution in [1.29, 1.82) is 0 Å². The zero-order chi connectivity index (χ0) is 13.1. The lowest BCUT2D eigenvalue weighted by Gasteiger charge is -1.95. The number of anilines is 1. The van der Waals surface area contributed by atoms with Gasteiger partial charge >= 0.3 is 5.88 Å². The fraction of sp³-hybridized carbons (Fsp3) is 0.200. The van der Waals surface area contributed by atoms with E-state index in [2.05, 4.69) is 10.3 Å². The van der Waals surface area contributed by atoms with Crippen LogP contribution in [0.5, 0.6) is 0 Å². The van der Waals surface area contributed by atoms with Gasteiger partial charge in [0.1, 0.15) is 10.6 Å². The Balaban J connectivity index is 2.18. The van der Waals surface area contributed by atoms with Crippen LogP contribution in [0.25, 0.3) is 11.5 Å². The maximum atomic E-state index is 11.2. The number of thiazole rings is 1. The number of carbonyl (C=O) groups is 1. The largest absolute Gasteiger partial charge is 0.433 e. The minimum Gasteiger partial charge on any atom is -0.399 e. The topological polar surface area (TPSA) is 98.3 Å². The maximum absolute atomic E-state index is 11.2. The zero-order valence-corrected chi connectivity index (χ0v) is 10.2. The van der Waals surface area contributed by atoms with Gasteiger partial charge in [0.15, 0.2) is 10.9 Å². The number of carbonyl (C=O) groups excluding carboxylic acids is 1. The molecule has 7 nitrogen and oxygen atoms in total. The van der Waals surface area contributed by atoms with E-state index in [-0.39, 0.29) is 11.8 Å². The summed E-state index contributed by atoms with van der Waals surface area (Å²) in [5.41, 5.74) is 0.458. The molecule has 94 valence electrons. The summed E-state index contributed by atoms with van der Waals surface area (Å²) in [6.45, 7) is 1.74. The monoisotopic (exact) mass is 267 g/mol. The standard InChI is InChI=1S/C10H9N3O4S/c1-2-8(14)12-10-11-6(5-18-10)7-3-4-9(17-7)13(15)16/h3-5H,2H2,1H3,(H,11,12,14). The quantitative estimate of drug-likeness (QED) is 0.678. The third-order valence-electron chi connectivity index (χ3n) is 2.10. The molecule has 0 atom stereocenters. The first-order valence-electron chi connectivity index (χ1n) is 5.10. The summed E-state index contributed by atoms with van der Waals surface area (Å²) >= 11 is 1.23. The van der Waals surface area contributed by atoms with Gasteiger partial charge in [-0.2, -0.15) is 0 Å². The third kappa shape index (κ3) is 2.54. The number of hydrogen-bond acceptors (Lipinski definition) is 6. The molecule has 0 aliphatic rings. The second-order valence-corrected chi connectivity index (χ2v) is 4.19. The van der Waals surface area contributed by atoms with Crippen molar-refractivity contribution in [2.75, 3.05) is 5.32 Å². The Kier molecular flexibility index (Phi) is 3.38. The molecule has 0 aliphatic heterocycles. The molecular formula is C10H9N3O4S. The molecule has 0 bridgehead atoms. The molecule has 0 fully saturated rings. The van der Waals surface area contributed by atoms with Crippen molar-refractivity contribution in [2.45, 2.75) is 13.3 Å². The van der Waals surface area contributed by atoms with E-state index in [4.69, 9.17) is 4.42 Å². The molecule has 2 rings (SSSR count). The number of nitrogens with one attached hydrogen (secondary N) is 1. The van der Waals surface area contributed by atoms with Gasteiger partial charge in [-0.15, -0.1) is 11.3 Å². The highest BCUT2D eigenvalue weighted by atomic mass is 32.1. The molecular weight excluding hydrogens is 258 g/mol. The molecule has 2 aromatic rings. The first kappa shape index (κ1) is 12.2. The number of rotatable bonds is 4. The Morgan fingerprint density at radius 3 is 3.00 bits per heavy atom. The first-order valence-corrected chi connectivity index (χ1v) is 5.98. The highest BCUT2D eigenvalue weighted by molar-refractivity contribution is 7.14.